The Hall–Kier alpha value is -1.81. The van der Waals surface area contributed by atoms with E-state index < -0.39 is 0 Å². The van der Waals surface area contributed by atoms with E-state index in [2.05, 4.69) is 21.2 Å². The average molecular weight is 306 g/mol. The van der Waals surface area contributed by atoms with Gasteiger partial charge in [-0.25, -0.2) is 0 Å². The Bertz CT molecular complexity index is 596. The number of para-hydroxylation sites is 1. The van der Waals surface area contributed by atoms with Crippen LogP contribution in [0.1, 0.15) is 15.9 Å². The number of hydrogen-bond acceptors (Lipinski definition) is 2. The number of rotatable bonds is 2. The SMILES string of the molecule is Cc1cc(Br)ccc1NC(=O)c1ccccc1O. The lowest BCUT2D eigenvalue weighted by molar-refractivity contribution is 0.102. The zero-order valence-corrected chi connectivity index (χ0v) is 11.4. The van der Waals surface area contributed by atoms with Crippen LogP contribution in [0.2, 0.25) is 0 Å². The molecule has 18 heavy (non-hydrogen) atoms. The number of aryl methyl sites for hydroxylation is 1. The first-order chi connectivity index (χ1) is 8.58. The van der Waals surface area contributed by atoms with E-state index in [0.717, 1.165) is 15.7 Å². The van der Waals surface area contributed by atoms with Gasteiger partial charge in [-0.3, -0.25) is 4.79 Å². The maximum Gasteiger partial charge on any atom is 0.259 e. The van der Waals surface area contributed by atoms with Crippen LogP contribution >= 0.6 is 15.9 Å². The van der Waals surface area contributed by atoms with Crippen LogP contribution in [-0.2, 0) is 0 Å². The molecule has 0 bridgehead atoms. The fraction of sp³-hybridized carbons (Fsp3) is 0.0714. The Kier molecular flexibility index (Phi) is 3.67. The van der Waals surface area contributed by atoms with Gasteiger partial charge in [-0.2, -0.15) is 0 Å². The summed E-state index contributed by atoms with van der Waals surface area (Å²) < 4.78 is 0.959. The summed E-state index contributed by atoms with van der Waals surface area (Å²) in [7, 11) is 0. The van der Waals surface area contributed by atoms with Crippen LogP contribution in [0.25, 0.3) is 0 Å². The number of benzene rings is 2. The van der Waals surface area contributed by atoms with Gasteiger partial charge < -0.3 is 10.4 Å². The fourth-order valence-electron chi connectivity index (χ4n) is 1.62. The number of carbonyl (C=O) groups excluding carboxylic acids is 1. The Balaban J connectivity index is 2.24. The summed E-state index contributed by atoms with van der Waals surface area (Å²) in [5.41, 5.74) is 1.94. The number of amides is 1. The van der Waals surface area contributed by atoms with Gasteiger partial charge >= 0.3 is 0 Å². The van der Waals surface area contributed by atoms with Gasteiger partial charge in [-0.1, -0.05) is 28.1 Å². The quantitative estimate of drug-likeness (QED) is 0.888. The summed E-state index contributed by atoms with van der Waals surface area (Å²) in [4.78, 5) is 12.0. The minimum atomic E-state index is -0.321. The molecule has 1 amide bonds. The van der Waals surface area contributed by atoms with Crippen LogP contribution in [0.5, 0.6) is 5.75 Å². The summed E-state index contributed by atoms with van der Waals surface area (Å²) in [6.07, 6.45) is 0. The molecule has 0 fully saturated rings. The van der Waals surface area contributed by atoms with Gasteiger partial charge in [0.05, 0.1) is 5.56 Å². The number of anilines is 1. The van der Waals surface area contributed by atoms with Crippen LogP contribution < -0.4 is 5.32 Å². The molecular weight excluding hydrogens is 294 g/mol. The van der Waals surface area contributed by atoms with Crippen molar-refractivity contribution in [2.24, 2.45) is 0 Å². The van der Waals surface area contributed by atoms with Gasteiger partial charge in [-0.05, 0) is 42.8 Å². The van der Waals surface area contributed by atoms with Gasteiger partial charge in [0.1, 0.15) is 5.75 Å². The Morgan fingerprint density at radius 1 is 1.22 bits per heavy atom. The number of nitrogens with one attached hydrogen (secondary N) is 1. The highest BCUT2D eigenvalue weighted by Crippen LogP contribution is 2.22. The van der Waals surface area contributed by atoms with Crippen molar-refractivity contribution in [2.45, 2.75) is 6.92 Å². The van der Waals surface area contributed by atoms with Gasteiger partial charge in [0.2, 0.25) is 0 Å². The minimum Gasteiger partial charge on any atom is -0.507 e. The molecule has 0 saturated carbocycles. The van der Waals surface area contributed by atoms with Crippen molar-refractivity contribution in [2.75, 3.05) is 5.32 Å². The zero-order chi connectivity index (χ0) is 13.1. The van der Waals surface area contributed by atoms with Gasteiger partial charge in [-0.15, -0.1) is 0 Å². The first-order valence-corrected chi connectivity index (χ1v) is 6.23. The molecule has 0 aliphatic heterocycles. The maximum absolute atomic E-state index is 12.0. The van der Waals surface area contributed by atoms with Crippen LogP contribution in [0, 0.1) is 6.92 Å². The third kappa shape index (κ3) is 2.71. The molecule has 0 aliphatic rings. The third-order valence-corrected chi connectivity index (χ3v) is 3.08. The molecule has 0 radical (unpaired) electrons. The molecule has 2 aromatic rings. The molecule has 0 saturated heterocycles. The molecule has 3 nitrogen and oxygen atoms in total. The van der Waals surface area contributed by atoms with Crippen molar-refractivity contribution < 1.29 is 9.90 Å². The molecular formula is C14H12BrNO2. The number of carbonyl (C=O) groups is 1. The highest BCUT2D eigenvalue weighted by atomic mass is 79.9. The minimum absolute atomic E-state index is 0.0234. The molecule has 0 heterocycles. The van der Waals surface area contributed by atoms with Crippen LogP contribution in [0.4, 0.5) is 5.69 Å². The lowest BCUT2D eigenvalue weighted by Gasteiger charge is -2.09. The van der Waals surface area contributed by atoms with E-state index in [1.165, 1.54) is 6.07 Å². The fourth-order valence-corrected chi connectivity index (χ4v) is 2.10. The zero-order valence-electron chi connectivity index (χ0n) is 9.77. The summed E-state index contributed by atoms with van der Waals surface area (Å²) in [5.74, 6) is -0.344. The van der Waals surface area contributed by atoms with Crippen molar-refractivity contribution in [3.8, 4) is 5.75 Å². The lowest BCUT2D eigenvalue weighted by atomic mass is 10.1. The second-order valence-corrected chi connectivity index (χ2v) is 4.85. The number of phenols is 1. The van der Waals surface area contributed by atoms with Gasteiger partial charge in [0.25, 0.3) is 5.91 Å². The maximum atomic E-state index is 12.0. The predicted octanol–water partition coefficient (Wildman–Crippen LogP) is 3.72. The van der Waals surface area contributed by atoms with E-state index in [4.69, 9.17) is 0 Å². The molecule has 0 aliphatic carbocycles. The molecule has 2 N–H and O–H groups in total. The van der Waals surface area contributed by atoms with Crippen LogP contribution in [0.15, 0.2) is 46.9 Å². The first-order valence-electron chi connectivity index (χ1n) is 5.43. The summed E-state index contributed by atoms with van der Waals surface area (Å²) in [5, 5.41) is 12.4. The summed E-state index contributed by atoms with van der Waals surface area (Å²) in [6, 6.07) is 12.0. The van der Waals surface area contributed by atoms with Crippen molar-refractivity contribution in [3.05, 3.63) is 58.1 Å². The highest BCUT2D eigenvalue weighted by Gasteiger charge is 2.11. The molecule has 0 atom stereocenters. The second kappa shape index (κ2) is 5.23. The molecule has 2 aromatic carbocycles. The van der Waals surface area contributed by atoms with E-state index in [9.17, 15) is 9.90 Å². The van der Waals surface area contributed by atoms with Gasteiger partial charge in [0.15, 0.2) is 0 Å². The average Bonchev–Trinajstić information content (AvgIpc) is 2.33. The number of aromatic hydroxyl groups is 1. The van der Waals surface area contributed by atoms with E-state index >= 15 is 0 Å². The van der Waals surface area contributed by atoms with Crippen molar-refractivity contribution >= 4 is 27.5 Å². The topological polar surface area (TPSA) is 49.3 Å². The van der Waals surface area contributed by atoms with E-state index in [0.29, 0.717) is 0 Å². The van der Waals surface area contributed by atoms with E-state index in [1.54, 1.807) is 18.2 Å². The van der Waals surface area contributed by atoms with Crippen molar-refractivity contribution in [1.82, 2.24) is 0 Å². The largest absolute Gasteiger partial charge is 0.507 e. The molecule has 0 unspecified atom stereocenters. The third-order valence-electron chi connectivity index (χ3n) is 2.59. The van der Waals surface area contributed by atoms with Crippen molar-refractivity contribution in [3.63, 3.8) is 0 Å². The molecule has 2 rings (SSSR count). The molecule has 0 spiro atoms. The van der Waals surface area contributed by atoms with Crippen LogP contribution in [-0.4, -0.2) is 11.0 Å². The van der Waals surface area contributed by atoms with E-state index in [-0.39, 0.29) is 17.2 Å². The number of phenolic OH excluding ortho intramolecular Hbond substituents is 1. The summed E-state index contributed by atoms with van der Waals surface area (Å²) in [6.45, 7) is 1.91. The molecule has 92 valence electrons. The van der Waals surface area contributed by atoms with Crippen molar-refractivity contribution in [1.29, 1.82) is 0 Å². The highest BCUT2D eigenvalue weighted by molar-refractivity contribution is 9.10. The normalized spacial score (nSPS) is 10.1. The Labute approximate surface area is 114 Å². The Morgan fingerprint density at radius 3 is 2.61 bits per heavy atom. The molecule has 4 heteroatoms. The summed E-state index contributed by atoms with van der Waals surface area (Å²) >= 11 is 3.37. The Morgan fingerprint density at radius 2 is 1.94 bits per heavy atom. The van der Waals surface area contributed by atoms with Crippen LogP contribution in [0.3, 0.4) is 0 Å². The second-order valence-electron chi connectivity index (χ2n) is 3.93. The number of halogens is 1. The van der Waals surface area contributed by atoms with Gasteiger partial charge in [0, 0.05) is 10.2 Å². The van der Waals surface area contributed by atoms with E-state index in [1.807, 2.05) is 25.1 Å². The first kappa shape index (κ1) is 12.6. The lowest BCUT2D eigenvalue weighted by Crippen LogP contribution is -2.12. The standard InChI is InChI=1S/C14H12BrNO2/c1-9-8-10(15)6-7-12(9)16-14(18)11-4-2-3-5-13(11)17/h2-8,17H,1H3,(H,16,18). The monoisotopic (exact) mass is 305 g/mol. The number of hydrogen-bond donors (Lipinski definition) is 2. The smallest absolute Gasteiger partial charge is 0.259 e. The molecule has 0 aromatic heterocycles. The predicted molar refractivity (Wildman–Crippen MR) is 74.9 cm³/mol.